The fourth-order valence-corrected chi connectivity index (χ4v) is 3.54. The van der Waals surface area contributed by atoms with Crippen LogP contribution in [0.15, 0.2) is 12.7 Å². The molecule has 1 saturated heterocycles. The number of carbonyl (C=O) groups is 1. The summed E-state index contributed by atoms with van der Waals surface area (Å²) < 4.78 is 5.71. The van der Waals surface area contributed by atoms with Crippen molar-refractivity contribution in [3.8, 4) is 6.07 Å². The number of nitriles is 1. The number of ketones is 1. The summed E-state index contributed by atoms with van der Waals surface area (Å²) in [5, 5.41) is 9.29. The number of hydrogen-bond donors (Lipinski definition) is 0. The van der Waals surface area contributed by atoms with Gasteiger partial charge in [-0.3, -0.25) is 4.79 Å². The molecule has 1 heterocycles. The number of rotatable bonds is 4. The molecule has 0 aromatic rings. The van der Waals surface area contributed by atoms with E-state index in [1.54, 1.807) is 0 Å². The van der Waals surface area contributed by atoms with Gasteiger partial charge >= 0.3 is 0 Å². The first-order valence-corrected chi connectivity index (χ1v) is 6.78. The molecule has 0 bridgehead atoms. The standard InChI is InChI=1S/C15H21NO2/c1-3-4-5-6-12-11(10-16)13(17)9-14-15(12,2)7-8-18-14/h3,11-12,14H,1,4-9H2,2H3/t11-,12-,14+,15-/m0/s1. The third-order valence-electron chi connectivity index (χ3n) is 4.74. The zero-order valence-corrected chi connectivity index (χ0v) is 11.0. The Bertz CT molecular complexity index is 384. The van der Waals surface area contributed by atoms with Crippen LogP contribution >= 0.6 is 0 Å². The molecule has 1 saturated carbocycles. The van der Waals surface area contributed by atoms with Crippen LogP contribution in [0.3, 0.4) is 0 Å². The molecule has 4 atom stereocenters. The summed E-state index contributed by atoms with van der Waals surface area (Å²) in [7, 11) is 0. The Morgan fingerprint density at radius 3 is 3.11 bits per heavy atom. The smallest absolute Gasteiger partial charge is 0.152 e. The highest BCUT2D eigenvalue weighted by molar-refractivity contribution is 5.85. The number of hydrogen-bond acceptors (Lipinski definition) is 3. The SMILES string of the molecule is C=CCCC[C@H]1[C@H](C#N)C(=O)C[C@H]2OCC[C@]21C. The topological polar surface area (TPSA) is 50.1 Å². The fourth-order valence-electron chi connectivity index (χ4n) is 3.54. The first-order chi connectivity index (χ1) is 8.63. The van der Waals surface area contributed by atoms with E-state index in [0.717, 1.165) is 32.3 Å². The monoisotopic (exact) mass is 247 g/mol. The van der Waals surface area contributed by atoms with Gasteiger partial charge in [-0.15, -0.1) is 6.58 Å². The largest absolute Gasteiger partial charge is 0.377 e. The van der Waals surface area contributed by atoms with Gasteiger partial charge in [0.15, 0.2) is 5.78 Å². The molecule has 0 radical (unpaired) electrons. The molecule has 2 fully saturated rings. The molecule has 2 rings (SSSR count). The minimum atomic E-state index is -0.433. The van der Waals surface area contributed by atoms with Crippen molar-refractivity contribution in [1.82, 2.24) is 0 Å². The van der Waals surface area contributed by atoms with Crippen molar-refractivity contribution in [2.75, 3.05) is 6.61 Å². The van der Waals surface area contributed by atoms with Crippen molar-refractivity contribution in [3.05, 3.63) is 12.7 Å². The van der Waals surface area contributed by atoms with Gasteiger partial charge in [-0.25, -0.2) is 0 Å². The van der Waals surface area contributed by atoms with Gasteiger partial charge in [0.1, 0.15) is 5.92 Å². The minimum Gasteiger partial charge on any atom is -0.377 e. The maximum Gasteiger partial charge on any atom is 0.152 e. The number of carbonyl (C=O) groups excluding carboxylic acids is 1. The Balaban J connectivity index is 2.19. The van der Waals surface area contributed by atoms with Gasteiger partial charge in [-0.2, -0.15) is 5.26 Å². The second kappa shape index (κ2) is 5.24. The Hall–Kier alpha value is -1.14. The third kappa shape index (κ3) is 2.10. The molecule has 1 aliphatic heterocycles. The van der Waals surface area contributed by atoms with Crippen LogP contribution in [0.5, 0.6) is 0 Å². The maximum atomic E-state index is 12.0. The van der Waals surface area contributed by atoms with E-state index < -0.39 is 5.92 Å². The van der Waals surface area contributed by atoms with Crippen LogP contribution in [0.1, 0.15) is 39.0 Å². The van der Waals surface area contributed by atoms with Gasteiger partial charge < -0.3 is 4.74 Å². The van der Waals surface area contributed by atoms with E-state index in [9.17, 15) is 10.1 Å². The highest BCUT2D eigenvalue weighted by atomic mass is 16.5. The Labute approximate surface area is 109 Å². The van der Waals surface area contributed by atoms with Crippen molar-refractivity contribution in [3.63, 3.8) is 0 Å². The number of nitrogens with zero attached hydrogens (tertiary/aromatic N) is 1. The molecule has 1 aliphatic carbocycles. The van der Waals surface area contributed by atoms with Crippen molar-refractivity contribution >= 4 is 5.78 Å². The quantitative estimate of drug-likeness (QED) is 0.567. The number of allylic oxidation sites excluding steroid dienone is 1. The van der Waals surface area contributed by atoms with E-state index in [2.05, 4.69) is 19.6 Å². The summed E-state index contributed by atoms with van der Waals surface area (Å²) in [6.45, 7) is 6.65. The molecule has 3 heteroatoms. The molecule has 0 spiro atoms. The van der Waals surface area contributed by atoms with Crippen molar-refractivity contribution < 1.29 is 9.53 Å². The number of fused-ring (bicyclic) bond motifs is 1. The second-order valence-electron chi connectivity index (χ2n) is 5.72. The van der Waals surface area contributed by atoms with Crippen LogP contribution in [-0.4, -0.2) is 18.5 Å². The van der Waals surface area contributed by atoms with E-state index in [0.29, 0.717) is 6.42 Å². The van der Waals surface area contributed by atoms with E-state index in [4.69, 9.17) is 4.74 Å². The van der Waals surface area contributed by atoms with Crippen molar-refractivity contribution in [1.29, 1.82) is 5.26 Å². The van der Waals surface area contributed by atoms with Gasteiger partial charge in [0.25, 0.3) is 0 Å². The normalized spacial score (nSPS) is 39.1. The van der Waals surface area contributed by atoms with Gasteiger partial charge in [0, 0.05) is 18.4 Å². The lowest BCUT2D eigenvalue weighted by Gasteiger charge is -2.44. The molecule has 0 aromatic carbocycles. The molecule has 0 N–H and O–H groups in total. The highest BCUT2D eigenvalue weighted by Crippen LogP contribution is 2.51. The minimum absolute atomic E-state index is 0.00940. The van der Waals surface area contributed by atoms with Gasteiger partial charge in [0.2, 0.25) is 0 Å². The van der Waals surface area contributed by atoms with Crippen LogP contribution in [-0.2, 0) is 9.53 Å². The fraction of sp³-hybridized carbons (Fsp3) is 0.733. The first-order valence-electron chi connectivity index (χ1n) is 6.78. The van der Waals surface area contributed by atoms with Crippen LogP contribution < -0.4 is 0 Å². The molecule has 0 aromatic heterocycles. The van der Waals surface area contributed by atoms with Crippen molar-refractivity contribution in [2.45, 2.75) is 45.1 Å². The van der Waals surface area contributed by atoms with Gasteiger partial charge in [-0.1, -0.05) is 13.0 Å². The second-order valence-corrected chi connectivity index (χ2v) is 5.72. The first kappa shape index (κ1) is 13.3. The van der Waals surface area contributed by atoms with E-state index in [1.807, 2.05) is 6.08 Å². The summed E-state index contributed by atoms with van der Waals surface area (Å²) in [5.74, 6) is -0.209. The van der Waals surface area contributed by atoms with Gasteiger partial charge in [0.05, 0.1) is 12.2 Å². The van der Waals surface area contributed by atoms with E-state index in [-0.39, 0.29) is 23.2 Å². The summed E-state index contributed by atoms with van der Waals surface area (Å²) in [5.41, 5.74) is 0.00940. The molecule has 0 unspecified atom stereocenters. The van der Waals surface area contributed by atoms with E-state index >= 15 is 0 Å². The highest BCUT2D eigenvalue weighted by Gasteiger charge is 2.54. The van der Waals surface area contributed by atoms with Crippen LogP contribution in [0.2, 0.25) is 0 Å². The Morgan fingerprint density at radius 1 is 1.67 bits per heavy atom. The lowest BCUT2D eigenvalue weighted by atomic mass is 9.59. The number of unbranched alkanes of at least 4 members (excludes halogenated alkanes) is 1. The summed E-state index contributed by atoms with van der Waals surface area (Å²) in [6, 6.07) is 2.24. The Kier molecular flexibility index (Phi) is 3.87. The lowest BCUT2D eigenvalue weighted by molar-refractivity contribution is -0.135. The molecular formula is C15H21NO2. The zero-order chi connectivity index (χ0) is 13.2. The molecular weight excluding hydrogens is 226 g/mol. The number of Topliss-reactive ketones (excluding diaryl/α,β-unsaturated/α-hetero) is 1. The van der Waals surface area contributed by atoms with Crippen molar-refractivity contribution in [2.24, 2.45) is 17.3 Å². The predicted octanol–water partition coefficient (Wildman–Crippen LogP) is 2.87. The molecule has 3 nitrogen and oxygen atoms in total. The third-order valence-corrected chi connectivity index (χ3v) is 4.74. The van der Waals surface area contributed by atoms with Crippen LogP contribution in [0.4, 0.5) is 0 Å². The maximum absolute atomic E-state index is 12.0. The Morgan fingerprint density at radius 2 is 2.44 bits per heavy atom. The van der Waals surface area contributed by atoms with Crippen LogP contribution in [0, 0.1) is 28.6 Å². The van der Waals surface area contributed by atoms with Gasteiger partial charge in [-0.05, 0) is 31.6 Å². The zero-order valence-electron chi connectivity index (χ0n) is 11.0. The lowest BCUT2D eigenvalue weighted by Crippen LogP contribution is -2.48. The molecule has 18 heavy (non-hydrogen) atoms. The molecule has 2 aliphatic rings. The summed E-state index contributed by atoms with van der Waals surface area (Å²) in [6.07, 6.45) is 6.20. The molecule has 0 amide bonds. The van der Waals surface area contributed by atoms with E-state index in [1.165, 1.54) is 0 Å². The van der Waals surface area contributed by atoms with Crippen LogP contribution in [0.25, 0.3) is 0 Å². The number of ether oxygens (including phenoxy) is 1. The predicted molar refractivity (Wildman–Crippen MR) is 68.7 cm³/mol. The summed E-state index contributed by atoms with van der Waals surface area (Å²) >= 11 is 0. The average molecular weight is 247 g/mol. The summed E-state index contributed by atoms with van der Waals surface area (Å²) in [4.78, 5) is 12.0. The average Bonchev–Trinajstić information content (AvgIpc) is 2.71. The molecule has 98 valence electrons.